The van der Waals surface area contributed by atoms with Gasteiger partial charge in [-0.3, -0.25) is 4.79 Å². The Balaban J connectivity index is 1.34. The van der Waals surface area contributed by atoms with Gasteiger partial charge in [-0.1, -0.05) is 55.5 Å². The molecule has 4 rings (SSSR count). The molecule has 0 heterocycles. The van der Waals surface area contributed by atoms with E-state index in [1.165, 1.54) is 12.1 Å². The number of rotatable bonds is 8. The molecule has 180 valence electrons. The van der Waals surface area contributed by atoms with Crippen molar-refractivity contribution >= 4 is 39.6 Å². The number of amides is 2. The molecule has 0 spiro atoms. The highest BCUT2D eigenvalue weighted by molar-refractivity contribution is 9.10. The third-order valence-electron chi connectivity index (χ3n) is 6.08. The van der Waals surface area contributed by atoms with E-state index in [9.17, 15) is 14.4 Å². The topological polar surface area (TPSA) is 105 Å². The molecule has 1 unspecified atom stereocenters. The van der Waals surface area contributed by atoms with Gasteiger partial charge in [0.25, 0.3) is 0 Å². The zero-order valence-electron chi connectivity index (χ0n) is 19.1. The summed E-state index contributed by atoms with van der Waals surface area (Å²) in [4.78, 5) is 36.3. The van der Waals surface area contributed by atoms with Crippen molar-refractivity contribution in [3.8, 4) is 11.1 Å². The summed E-state index contributed by atoms with van der Waals surface area (Å²) >= 11 is 3.31. The summed E-state index contributed by atoms with van der Waals surface area (Å²) in [6, 6.07) is 20.2. The molecule has 1 atom stereocenters. The Morgan fingerprint density at radius 1 is 1.00 bits per heavy atom. The number of carbonyl (C=O) groups excluding carboxylic acids is 2. The Bertz CT molecular complexity index is 1230. The number of nitrogens with one attached hydrogen (secondary N) is 2. The molecular formula is C27H25BrN2O5. The lowest BCUT2D eigenvalue weighted by Crippen LogP contribution is -2.38. The van der Waals surface area contributed by atoms with Gasteiger partial charge in [0.05, 0.1) is 11.3 Å². The van der Waals surface area contributed by atoms with Gasteiger partial charge in [-0.15, -0.1) is 0 Å². The van der Waals surface area contributed by atoms with Crippen molar-refractivity contribution in [2.24, 2.45) is 0 Å². The van der Waals surface area contributed by atoms with Crippen LogP contribution in [0.25, 0.3) is 11.1 Å². The SMILES string of the molecule is CCC(CC(=O)Nc1cc(C(=O)O)ccc1Br)NC(=O)OCC1c2ccccc2-c2ccccc21. The first-order valence-electron chi connectivity index (χ1n) is 11.3. The maximum atomic E-state index is 12.6. The number of alkyl carbamates (subject to hydrolysis) is 1. The summed E-state index contributed by atoms with van der Waals surface area (Å²) in [6.45, 7) is 2.06. The van der Waals surface area contributed by atoms with E-state index < -0.39 is 18.1 Å². The van der Waals surface area contributed by atoms with E-state index in [0.29, 0.717) is 16.6 Å². The van der Waals surface area contributed by atoms with Crippen LogP contribution in [0.1, 0.15) is 47.2 Å². The van der Waals surface area contributed by atoms with E-state index in [-0.39, 0.29) is 30.4 Å². The number of aromatic carboxylic acids is 1. The van der Waals surface area contributed by atoms with E-state index >= 15 is 0 Å². The van der Waals surface area contributed by atoms with Crippen molar-refractivity contribution in [3.05, 3.63) is 87.9 Å². The first-order valence-corrected chi connectivity index (χ1v) is 12.1. The predicted molar refractivity (Wildman–Crippen MR) is 137 cm³/mol. The molecule has 35 heavy (non-hydrogen) atoms. The van der Waals surface area contributed by atoms with Gasteiger partial charge >= 0.3 is 12.1 Å². The van der Waals surface area contributed by atoms with Crippen molar-refractivity contribution in [1.82, 2.24) is 5.32 Å². The second-order valence-corrected chi connectivity index (χ2v) is 9.18. The van der Waals surface area contributed by atoms with Crippen molar-refractivity contribution in [2.45, 2.75) is 31.7 Å². The highest BCUT2D eigenvalue weighted by Crippen LogP contribution is 2.44. The number of carboxylic acid groups (broad SMARTS) is 1. The highest BCUT2D eigenvalue weighted by Gasteiger charge is 2.29. The predicted octanol–water partition coefficient (Wildman–Crippen LogP) is 5.79. The highest BCUT2D eigenvalue weighted by atomic mass is 79.9. The molecule has 0 radical (unpaired) electrons. The van der Waals surface area contributed by atoms with E-state index in [1.807, 2.05) is 31.2 Å². The summed E-state index contributed by atoms with van der Waals surface area (Å²) < 4.78 is 6.14. The molecule has 1 aliphatic rings. The van der Waals surface area contributed by atoms with Crippen LogP contribution in [-0.2, 0) is 9.53 Å². The van der Waals surface area contributed by atoms with Crippen LogP contribution in [0.5, 0.6) is 0 Å². The molecule has 3 N–H and O–H groups in total. The Kier molecular flexibility index (Phi) is 7.51. The number of carbonyl (C=O) groups is 3. The summed E-state index contributed by atoms with van der Waals surface area (Å²) in [5.41, 5.74) is 4.97. The van der Waals surface area contributed by atoms with Gasteiger partial charge in [0.2, 0.25) is 5.91 Å². The van der Waals surface area contributed by atoms with Crippen LogP contribution in [-0.4, -0.2) is 35.7 Å². The zero-order chi connectivity index (χ0) is 24.9. The fourth-order valence-corrected chi connectivity index (χ4v) is 4.63. The lowest BCUT2D eigenvalue weighted by molar-refractivity contribution is -0.116. The number of ether oxygens (including phenoxy) is 1. The fraction of sp³-hybridized carbons (Fsp3) is 0.222. The summed E-state index contributed by atoms with van der Waals surface area (Å²) in [6.07, 6.45) is -0.0427. The summed E-state index contributed by atoms with van der Waals surface area (Å²) in [5, 5.41) is 14.6. The minimum atomic E-state index is -1.09. The van der Waals surface area contributed by atoms with Crippen LogP contribution in [0.15, 0.2) is 71.2 Å². The summed E-state index contributed by atoms with van der Waals surface area (Å²) in [5.74, 6) is -1.48. The standard InChI is InChI=1S/C27H25BrN2O5/c1-2-17(14-25(31)30-24-13-16(26(32)33)11-12-23(24)28)29-27(34)35-15-22-20-9-5-3-7-18(20)19-8-4-6-10-21(19)22/h3-13,17,22H,2,14-15H2,1H3,(H,29,34)(H,30,31)(H,32,33). The molecule has 3 aromatic rings. The van der Waals surface area contributed by atoms with E-state index in [4.69, 9.17) is 9.84 Å². The average Bonchev–Trinajstić information content (AvgIpc) is 3.17. The van der Waals surface area contributed by atoms with E-state index in [2.05, 4.69) is 50.8 Å². The molecule has 1 aliphatic carbocycles. The van der Waals surface area contributed by atoms with Crippen LogP contribution in [0.3, 0.4) is 0 Å². The maximum Gasteiger partial charge on any atom is 0.407 e. The number of hydrogen-bond donors (Lipinski definition) is 3. The first-order chi connectivity index (χ1) is 16.9. The normalized spacial score (nSPS) is 12.9. The smallest absolute Gasteiger partial charge is 0.407 e. The monoisotopic (exact) mass is 536 g/mol. The number of benzene rings is 3. The van der Waals surface area contributed by atoms with Gasteiger partial charge in [0, 0.05) is 22.9 Å². The molecule has 0 fully saturated rings. The second kappa shape index (κ2) is 10.7. The second-order valence-electron chi connectivity index (χ2n) is 8.33. The van der Waals surface area contributed by atoms with Gasteiger partial charge in [-0.05, 0) is 62.8 Å². The molecule has 0 aliphatic heterocycles. The zero-order valence-corrected chi connectivity index (χ0v) is 20.7. The van der Waals surface area contributed by atoms with E-state index in [1.54, 1.807) is 6.07 Å². The minimum Gasteiger partial charge on any atom is -0.478 e. The molecular weight excluding hydrogens is 512 g/mol. The molecule has 0 saturated heterocycles. The number of anilines is 1. The number of hydrogen-bond acceptors (Lipinski definition) is 4. The van der Waals surface area contributed by atoms with Crippen molar-refractivity contribution in [1.29, 1.82) is 0 Å². The Morgan fingerprint density at radius 2 is 1.63 bits per heavy atom. The van der Waals surface area contributed by atoms with Gasteiger partial charge in [-0.2, -0.15) is 0 Å². The van der Waals surface area contributed by atoms with Crippen LogP contribution in [0.2, 0.25) is 0 Å². The van der Waals surface area contributed by atoms with Crippen LogP contribution < -0.4 is 10.6 Å². The fourth-order valence-electron chi connectivity index (χ4n) is 4.28. The van der Waals surface area contributed by atoms with Gasteiger partial charge in [0.1, 0.15) is 6.61 Å². The molecule has 2 amide bonds. The Morgan fingerprint density at radius 3 is 2.23 bits per heavy atom. The number of fused-ring (bicyclic) bond motifs is 3. The van der Waals surface area contributed by atoms with Gasteiger partial charge in [0.15, 0.2) is 0 Å². The average molecular weight is 537 g/mol. The van der Waals surface area contributed by atoms with Gasteiger partial charge in [-0.25, -0.2) is 9.59 Å². The van der Waals surface area contributed by atoms with Crippen molar-refractivity contribution in [2.75, 3.05) is 11.9 Å². The molecule has 0 bridgehead atoms. The molecule has 8 heteroatoms. The Hall–Kier alpha value is -3.65. The third kappa shape index (κ3) is 5.54. The lowest BCUT2D eigenvalue weighted by atomic mass is 9.98. The minimum absolute atomic E-state index is 0.0183. The summed E-state index contributed by atoms with van der Waals surface area (Å²) in [7, 11) is 0. The van der Waals surface area contributed by atoms with Crippen molar-refractivity contribution in [3.63, 3.8) is 0 Å². The van der Waals surface area contributed by atoms with E-state index in [0.717, 1.165) is 22.3 Å². The Labute approximate surface area is 211 Å². The molecule has 0 saturated carbocycles. The van der Waals surface area contributed by atoms with Crippen LogP contribution in [0.4, 0.5) is 10.5 Å². The number of halogens is 1. The van der Waals surface area contributed by atoms with Crippen LogP contribution in [0, 0.1) is 0 Å². The molecule has 7 nitrogen and oxygen atoms in total. The first kappa shape index (κ1) is 24.5. The van der Waals surface area contributed by atoms with Crippen LogP contribution >= 0.6 is 15.9 Å². The third-order valence-corrected chi connectivity index (χ3v) is 6.77. The van der Waals surface area contributed by atoms with Gasteiger partial charge < -0.3 is 20.5 Å². The maximum absolute atomic E-state index is 12.6. The largest absolute Gasteiger partial charge is 0.478 e. The number of carboxylic acids is 1. The molecule has 3 aromatic carbocycles. The molecule has 0 aromatic heterocycles. The lowest BCUT2D eigenvalue weighted by Gasteiger charge is -2.19. The van der Waals surface area contributed by atoms with Crippen molar-refractivity contribution < 1.29 is 24.2 Å². The quantitative estimate of drug-likeness (QED) is 0.337.